The molecule has 17 heavy (non-hydrogen) atoms. The highest BCUT2D eigenvalue weighted by Gasteiger charge is 2.33. The standard InChI is InChI=1S/C13H17F3O/c1-9(2)10-6-4-5-7-11(10)12(17-3)8-13(14,15)16/h4-7,9,12H,8H2,1-3H3. The van der Waals surface area contributed by atoms with Gasteiger partial charge in [0.1, 0.15) is 0 Å². The van der Waals surface area contributed by atoms with Gasteiger partial charge in [-0.15, -0.1) is 0 Å². The lowest BCUT2D eigenvalue weighted by Crippen LogP contribution is -2.16. The third kappa shape index (κ3) is 4.04. The monoisotopic (exact) mass is 246 g/mol. The molecule has 0 aliphatic carbocycles. The second-order valence-electron chi connectivity index (χ2n) is 4.33. The van der Waals surface area contributed by atoms with Crippen LogP contribution >= 0.6 is 0 Å². The molecule has 1 atom stereocenters. The SMILES string of the molecule is COC(CC(F)(F)F)c1ccccc1C(C)C. The van der Waals surface area contributed by atoms with Gasteiger partial charge >= 0.3 is 6.18 Å². The van der Waals surface area contributed by atoms with Gasteiger partial charge in [-0.1, -0.05) is 38.1 Å². The summed E-state index contributed by atoms with van der Waals surface area (Å²) < 4.78 is 42.3. The molecule has 0 aliphatic heterocycles. The second-order valence-corrected chi connectivity index (χ2v) is 4.33. The number of benzene rings is 1. The quantitative estimate of drug-likeness (QED) is 0.762. The van der Waals surface area contributed by atoms with E-state index in [9.17, 15) is 13.2 Å². The average molecular weight is 246 g/mol. The smallest absolute Gasteiger partial charge is 0.376 e. The van der Waals surface area contributed by atoms with Crippen molar-refractivity contribution in [1.29, 1.82) is 0 Å². The molecule has 0 bridgehead atoms. The van der Waals surface area contributed by atoms with Crippen molar-refractivity contribution in [2.75, 3.05) is 7.11 Å². The lowest BCUT2D eigenvalue weighted by atomic mass is 9.93. The molecule has 0 N–H and O–H groups in total. The van der Waals surface area contributed by atoms with Crippen LogP contribution in [0.2, 0.25) is 0 Å². The first-order chi connectivity index (χ1) is 7.85. The van der Waals surface area contributed by atoms with Crippen LogP contribution < -0.4 is 0 Å². The first-order valence-electron chi connectivity index (χ1n) is 5.53. The fourth-order valence-electron chi connectivity index (χ4n) is 1.86. The fraction of sp³-hybridized carbons (Fsp3) is 0.538. The Bertz CT molecular complexity index is 358. The number of hydrogen-bond donors (Lipinski definition) is 0. The lowest BCUT2D eigenvalue weighted by molar-refractivity contribution is -0.158. The van der Waals surface area contributed by atoms with E-state index in [1.165, 1.54) is 7.11 Å². The summed E-state index contributed by atoms with van der Waals surface area (Å²) in [6.07, 6.45) is -6.09. The number of ether oxygens (including phenoxy) is 1. The first kappa shape index (κ1) is 14.0. The van der Waals surface area contributed by atoms with Crippen molar-refractivity contribution in [2.45, 2.75) is 38.5 Å². The molecule has 1 rings (SSSR count). The molecule has 0 saturated carbocycles. The molecular weight excluding hydrogens is 229 g/mol. The lowest BCUT2D eigenvalue weighted by Gasteiger charge is -2.22. The maximum atomic E-state index is 12.4. The van der Waals surface area contributed by atoms with Crippen LogP contribution in [0.3, 0.4) is 0 Å². The van der Waals surface area contributed by atoms with Gasteiger partial charge in [0.05, 0.1) is 12.5 Å². The van der Waals surface area contributed by atoms with Gasteiger partial charge in [-0.05, 0) is 17.0 Å². The Kier molecular flexibility index (Phi) is 4.57. The van der Waals surface area contributed by atoms with E-state index in [1.807, 2.05) is 26.0 Å². The molecule has 1 aromatic rings. The molecule has 0 aliphatic rings. The van der Waals surface area contributed by atoms with E-state index >= 15 is 0 Å². The Morgan fingerprint density at radius 1 is 1.12 bits per heavy atom. The van der Waals surface area contributed by atoms with Gasteiger partial charge < -0.3 is 4.74 Å². The Morgan fingerprint density at radius 3 is 2.06 bits per heavy atom. The molecule has 1 aromatic carbocycles. The van der Waals surface area contributed by atoms with E-state index in [-0.39, 0.29) is 5.92 Å². The van der Waals surface area contributed by atoms with E-state index in [0.717, 1.165) is 5.56 Å². The third-order valence-corrected chi connectivity index (χ3v) is 2.67. The second kappa shape index (κ2) is 5.54. The maximum Gasteiger partial charge on any atom is 0.391 e. The summed E-state index contributed by atoms with van der Waals surface area (Å²) in [6.45, 7) is 3.91. The largest absolute Gasteiger partial charge is 0.391 e. The van der Waals surface area contributed by atoms with E-state index in [0.29, 0.717) is 5.56 Å². The van der Waals surface area contributed by atoms with Gasteiger partial charge in [0, 0.05) is 7.11 Å². The van der Waals surface area contributed by atoms with Crippen LogP contribution in [-0.4, -0.2) is 13.3 Å². The molecule has 4 heteroatoms. The highest BCUT2D eigenvalue weighted by molar-refractivity contribution is 5.31. The first-order valence-corrected chi connectivity index (χ1v) is 5.53. The minimum atomic E-state index is -4.22. The predicted octanol–water partition coefficient (Wildman–Crippen LogP) is 4.45. The number of alkyl halides is 3. The van der Waals surface area contributed by atoms with Crippen LogP contribution in [0.1, 0.15) is 43.4 Å². The Labute approximate surface area is 99.6 Å². The van der Waals surface area contributed by atoms with E-state index < -0.39 is 18.7 Å². The molecule has 1 unspecified atom stereocenters. The van der Waals surface area contributed by atoms with Crippen LogP contribution in [0, 0.1) is 0 Å². The van der Waals surface area contributed by atoms with Crippen LogP contribution in [0.25, 0.3) is 0 Å². The zero-order chi connectivity index (χ0) is 13.1. The summed E-state index contributed by atoms with van der Waals surface area (Å²) in [5.74, 6) is 0.178. The molecule has 1 nitrogen and oxygen atoms in total. The van der Waals surface area contributed by atoms with Crippen molar-refractivity contribution < 1.29 is 17.9 Å². The van der Waals surface area contributed by atoms with E-state index in [4.69, 9.17) is 4.74 Å². The minimum Gasteiger partial charge on any atom is -0.376 e. The van der Waals surface area contributed by atoms with Crippen LogP contribution in [0.5, 0.6) is 0 Å². The molecule has 96 valence electrons. The van der Waals surface area contributed by atoms with E-state index in [2.05, 4.69) is 0 Å². The van der Waals surface area contributed by atoms with Crippen molar-refractivity contribution in [3.63, 3.8) is 0 Å². The molecule has 0 radical (unpaired) electrons. The van der Waals surface area contributed by atoms with Crippen molar-refractivity contribution in [1.82, 2.24) is 0 Å². The molecular formula is C13H17F3O. The number of rotatable bonds is 4. The van der Waals surface area contributed by atoms with Crippen LogP contribution in [-0.2, 0) is 4.74 Å². The zero-order valence-corrected chi connectivity index (χ0v) is 10.2. The van der Waals surface area contributed by atoms with Crippen molar-refractivity contribution >= 4 is 0 Å². The highest BCUT2D eigenvalue weighted by Crippen LogP contribution is 2.35. The van der Waals surface area contributed by atoms with Crippen molar-refractivity contribution in [2.24, 2.45) is 0 Å². The normalized spacial score (nSPS) is 14.1. The number of halogens is 3. The summed E-state index contributed by atoms with van der Waals surface area (Å²) in [5, 5.41) is 0. The molecule has 0 fully saturated rings. The Morgan fingerprint density at radius 2 is 1.65 bits per heavy atom. The molecule has 0 saturated heterocycles. The number of hydrogen-bond acceptors (Lipinski definition) is 1. The van der Waals surface area contributed by atoms with Crippen molar-refractivity contribution in [3.8, 4) is 0 Å². The van der Waals surface area contributed by atoms with E-state index in [1.54, 1.807) is 12.1 Å². The Hall–Kier alpha value is -1.03. The zero-order valence-electron chi connectivity index (χ0n) is 10.2. The van der Waals surface area contributed by atoms with Crippen molar-refractivity contribution in [3.05, 3.63) is 35.4 Å². The van der Waals surface area contributed by atoms with Gasteiger partial charge in [0.15, 0.2) is 0 Å². The highest BCUT2D eigenvalue weighted by atomic mass is 19.4. The summed E-state index contributed by atoms with van der Waals surface area (Å²) in [6, 6.07) is 7.13. The third-order valence-electron chi connectivity index (χ3n) is 2.67. The molecule has 0 heterocycles. The summed E-state index contributed by atoms with van der Waals surface area (Å²) in [4.78, 5) is 0. The Balaban J connectivity index is 3.03. The van der Waals surface area contributed by atoms with Gasteiger partial charge in [0.25, 0.3) is 0 Å². The summed E-state index contributed by atoms with van der Waals surface area (Å²) in [7, 11) is 1.31. The van der Waals surface area contributed by atoms with Crippen LogP contribution in [0.4, 0.5) is 13.2 Å². The maximum absolute atomic E-state index is 12.4. The van der Waals surface area contributed by atoms with Gasteiger partial charge in [-0.25, -0.2) is 0 Å². The average Bonchev–Trinajstić information content (AvgIpc) is 2.24. The van der Waals surface area contributed by atoms with Gasteiger partial charge in [0.2, 0.25) is 0 Å². The molecule has 0 aromatic heterocycles. The summed E-state index contributed by atoms with van der Waals surface area (Å²) >= 11 is 0. The molecule has 0 spiro atoms. The van der Waals surface area contributed by atoms with Gasteiger partial charge in [-0.2, -0.15) is 13.2 Å². The molecule has 0 amide bonds. The topological polar surface area (TPSA) is 9.23 Å². The van der Waals surface area contributed by atoms with Crippen LogP contribution in [0.15, 0.2) is 24.3 Å². The number of methoxy groups -OCH3 is 1. The minimum absolute atomic E-state index is 0.178. The van der Waals surface area contributed by atoms with Gasteiger partial charge in [-0.3, -0.25) is 0 Å². The summed E-state index contributed by atoms with van der Waals surface area (Å²) in [5.41, 5.74) is 1.53. The predicted molar refractivity (Wildman–Crippen MR) is 61.0 cm³/mol. The fourth-order valence-corrected chi connectivity index (χ4v) is 1.86.